The lowest BCUT2D eigenvalue weighted by Gasteiger charge is -2.18. The molecule has 1 aliphatic rings. The summed E-state index contributed by atoms with van der Waals surface area (Å²) in [6.07, 6.45) is 0. The van der Waals surface area contributed by atoms with Crippen LogP contribution in [0.3, 0.4) is 0 Å². The lowest BCUT2D eigenvalue weighted by molar-refractivity contribution is 0.171. The first-order valence-corrected chi connectivity index (χ1v) is 7.71. The fraction of sp³-hybridized carbons (Fsp3) is 0.211. The number of hydrogen-bond acceptors (Lipinski definition) is 5. The van der Waals surface area contributed by atoms with Crippen LogP contribution in [-0.2, 0) is 0 Å². The maximum absolute atomic E-state index is 12.5. The van der Waals surface area contributed by atoms with Crippen LogP contribution in [0, 0.1) is 13.8 Å². The summed E-state index contributed by atoms with van der Waals surface area (Å²) in [6, 6.07) is 8.74. The SMILES string of the molecule is Cc1cc2oc(-c3ccc4c(c3)OCCO4)c(O)c(=O)c2cc1C. The molecule has 0 spiro atoms. The number of benzene rings is 2. The van der Waals surface area contributed by atoms with Gasteiger partial charge in [0, 0.05) is 5.56 Å². The highest BCUT2D eigenvalue weighted by Gasteiger charge is 2.19. The Labute approximate surface area is 138 Å². The topological polar surface area (TPSA) is 68.9 Å². The molecule has 0 saturated heterocycles. The highest BCUT2D eigenvalue weighted by molar-refractivity contribution is 5.83. The van der Waals surface area contributed by atoms with Crippen LogP contribution in [0.2, 0.25) is 0 Å². The Bertz CT molecular complexity index is 1020. The van der Waals surface area contributed by atoms with E-state index >= 15 is 0 Å². The van der Waals surface area contributed by atoms with Gasteiger partial charge in [0.05, 0.1) is 5.39 Å². The molecule has 122 valence electrons. The average Bonchev–Trinajstić information content (AvgIpc) is 2.59. The molecule has 0 saturated carbocycles. The third kappa shape index (κ3) is 2.21. The molecule has 0 unspecified atom stereocenters. The zero-order chi connectivity index (χ0) is 16.8. The third-order valence-corrected chi connectivity index (χ3v) is 4.29. The van der Waals surface area contributed by atoms with Crippen molar-refractivity contribution in [2.45, 2.75) is 13.8 Å². The van der Waals surface area contributed by atoms with E-state index in [9.17, 15) is 9.90 Å². The van der Waals surface area contributed by atoms with Crippen LogP contribution < -0.4 is 14.9 Å². The van der Waals surface area contributed by atoms with E-state index in [0.29, 0.717) is 41.2 Å². The smallest absolute Gasteiger partial charge is 0.235 e. The molecule has 2 heterocycles. The van der Waals surface area contributed by atoms with Gasteiger partial charge >= 0.3 is 0 Å². The maximum atomic E-state index is 12.5. The van der Waals surface area contributed by atoms with Gasteiger partial charge in [-0.05, 0) is 55.3 Å². The van der Waals surface area contributed by atoms with Crippen molar-refractivity contribution in [2.24, 2.45) is 0 Å². The van der Waals surface area contributed by atoms with Crippen molar-refractivity contribution >= 4 is 11.0 Å². The second-order valence-electron chi connectivity index (χ2n) is 5.90. The summed E-state index contributed by atoms with van der Waals surface area (Å²) in [6.45, 7) is 4.83. The highest BCUT2D eigenvalue weighted by Crippen LogP contribution is 2.37. The first kappa shape index (κ1) is 14.6. The molecule has 1 aliphatic heterocycles. The fourth-order valence-electron chi connectivity index (χ4n) is 2.82. The number of aryl methyl sites for hydroxylation is 2. The van der Waals surface area contributed by atoms with Gasteiger partial charge < -0.3 is 19.0 Å². The zero-order valence-electron chi connectivity index (χ0n) is 13.4. The number of rotatable bonds is 1. The Morgan fingerprint density at radius 3 is 2.46 bits per heavy atom. The van der Waals surface area contributed by atoms with E-state index in [2.05, 4.69) is 0 Å². The van der Waals surface area contributed by atoms with Crippen LogP contribution in [-0.4, -0.2) is 18.3 Å². The Kier molecular flexibility index (Phi) is 3.23. The molecule has 5 nitrogen and oxygen atoms in total. The summed E-state index contributed by atoms with van der Waals surface area (Å²) in [5.41, 5.74) is 2.56. The normalized spacial score (nSPS) is 13.2. The maximum Gasteiger partial charge on any atom is 0.235 e. The van der Waals surface area contributed by atoms with E-state index in [4.69, 9.17) is 13.9 Å². The quantitative estimate of drug-likeness (QED) is 0.741. The fourth-order valence-corrected chi connectivity index (χ4v) is 2.82. The van der Waals surface area contributed by atoms with Crippen molar-refractivity contribution in [1.29, 1.82) is 0 Å². The Morgan fingerprint density at radius 1 is 0.958 bits per heavy atom. The Morgan fingerprint density at radius 2 is 1.67 bits per heavy atom. The molecule has 0 fully saturated rings. The number of ether oxygens (including phenoxy) is 2. The van der Waals surface area contributed by atoms with E-state index in [1.165, 1.54) is 0 Å². The van der Waals surface area contributed by atoms with Gasteiger partial charge in [-0.15, -0.1) is 0 Å². The van der Waals surface area contributed by atoms with Gasteiger partial charge in [0.25, 0.3) is 0 Å². The van der Waals surface area contributed by atoms with Gasteiger partial charge in [0.2, 0.25) is 11.2 Å². The van der Waals surface area contributed by atoms with Crippen molar-refractivity contribution in [1.82, 2.24) is 0 Å². The van der Waals surface area contributed by atoms with Crippen molar-refractivity contribution in [3.05, 3.63) is 51.7 Å². The molecule has 2 aromatic carbocycles. The highest BCUT2D eigenvalue weighted by atomic mass is 16.6. The minimum atomic E-state index is -0.441. The molecule has 24 heavy (non-hydrogen) atoms. The van der Waals surface area contributed by atoms with Crippen LogP contribution >= 0.6 is 0 Å². The Balaban J connectivity index is 1.95. The van der Waals surface area contributed by atoms with Crippen LogP contribution in [0.15, 0.2) is 39.5 Å². The molecule has 0 amide bonds. The van der Waals surface area contributed by atoms with E-state index in [-0.39, 0.29) is 5.76 Å². The molecule has 5 heteroatoms. The summed E-state index contributed by atoms with van der Waals surface area (Å²) < 4.78 is 16.9. The van der Waals surface area contributed by atoms with Crippen molar-refractivity contribution in [3.63, 3.8) is 0 Å². The molecule has 1 N–H and O–H groups in total. The van der Waals surface area contributed by atoms with E-state index in [1.807, 2.05) is 19.9 Å². The largest absolute Gasteiger partial charge is 0.502 e. The van der Waals surface area contributed by atoms with Gasteiger partial charge in [0.15, 0.2) is 17.3 Å². The summed E-state index contributed by atoms with van der Waals surface area (Å²) in [7, 11) is 0. The van der Waals surface area contributed by atoms with Gasteiger partial charge in [-0.3, -0.25) is 4.79 Å². The molecule has 0 atom stereocenters. The monoisotopic (exact) mass is 324 g/mol. The molecule has 1 aromatic heterocycles. The van der Waals surface area contributed by atoms with Crippen molar-refractivity contribution in [2.75, 3.05) is 13.2 Å². The number of hydrogen-bond donors (Lipinski definition) is 1. The minimum Gasteiger partial charge on any atom is -0.502 e. The third-order valence-electron chi connectivity index (χ3n) is 4.29. The minimum absolute atomic E-state index is 0.132. The van der Waals surface area contributed by atoms with E-state index in [0.717, 1.165) is 11.1 Å². The molecular formula is C19H16O5. The van der Waals surface area contributed by atoms with E-state index < -0.39 is 11.2 Å². The van der Waals surface area contributed by atoms with Crippen molar-refractivity contribution in [3.8, 4) is 28.6 Å². The molecule has 0 aliphatic carbocycles. The summed E-state index contributed by atoms with van der Waals surface area (Å²) in [5, 5.41) is 10.7. The van der Waals surface area contributed by atoms with E-state index in [1.54, 1.807) is 24.3 Å². The Hall–Kier alpha value is -2.95. The first-order valence-electron chi connectivity index (χ1n) is 7.71. The summed E-state index contributed by atoms with van der Waals surface area (Å²) in [4.78, 5) is 12.5. The van der Waals surface area contributed by atoms with Gasteiger partial charge in [-0.25, -0.2) is 0 Å². The number of aromatic hydroxyl groups is 1. The second-order valence-corrected chi connectivity index (χ2v) is 5.90. The predicted molar refractivity (Wildman–Crippen MR) is 90.0 cm³/mol. The van der Waals surface area contributed by atoms with Crippen LogP contribution in [0.1, 0.15) is 11.1 Å². The summed E-state index contributed by atoms with van der Waals surface area (Å²) >= 11 is 0. The van der Waals surface area contributed by atoms with Gasteiger partial charge in [-0.1, -0.05) is 0 Å². The molecular weight excluding hydrogens is 308 g/mol. The summed E-state index contributed by atoms with van der Waals surface area (Å²) in [5.74, 6) is 0.940. The van der Waals surface area contributed by atoms with Gasteiger partial charge in [-0.2, -0.15) is 0 Å². The number of fused-ring (bicyclic) bond motifs is 2. The molecule has 4 rings (SSSR count). The van der Waals surface area contributed by atoms with Gasteiger partial charge in [0.1, 0.15) is 18.8 Å². The van der Waals surface area contributed by atoms with Crippen LogP contribution in [0.4, 0.5) is 0 Å². The molecule has 0 bridgehead atoms. The molecule has 3 aromatic rings. The molecule has 0 radical (unpaired) electrons. The lowest BCUT2D eigenvalue weighted by atomic mass is 10.0. The van der Waals surface area contributed by atoms with Crippen LogP contribution in [0.25, 0.3) is 22.3 Å². The standard InChI is InChI=1S/C19H16O5/c1-10-7-13-15(8-11(10)2)24-19(18(21)17(13)20)12-3-4-14-16(9-12)23-6-5-22-14/h3-4,7-9,21H,5-6H2,1-2H3. The second kappa shape index (κ2) is 5.30. The van der Waals surface area contributed by atoms with Crippen LogP contribution in [0.5, 0.6) is 17.2 Å². The zero-order valence-corrected chi connectivity index (χ0v) is 13.4. The predicted octanol–water partition coefficient (Wildman–Crippen LogP) is 3.55. The van der Waals surface area contributed by atoms with Crippen molar-refractivity contribution < 1.29 is 19.0 Å². The average molecular weight is 324 g/mol. The lowest BCUT2D eigenvalue weighted by Crippen LogP contribution is -2.15. The first-order chi connectivity index (χ1) is 11.5.